The molecule has 2 aromatic carbocycles. The van der Waals surface area contributed by atoms with Gasteiger partial charge in [-0.05, 0) is 25.5 Å². The van der Waals surface area contributed by atoms with Crippen LogP contribution in [0.2, 0.25) is 0 Å². The summed E-state index contributed by atoms with van der Waals surface area (Å²) in [5, 5.41) is 0.773. The molecular formula is C21H19NO4. The molecule has 0 unspecified atom stereocenters. The molecule has 0 aliphatic carbocycles. The molecule has 0 N–H and O–H groups in total. The number of hydrogen-bond acceptors (Lipinski definition) is 5. The molecular weight excluding hydrogens is 330 g/mol. The molecule has 1 heterocycles. The fraction of sp³-hybridized carbons (Fsp3) is 0.190. The Morgan fingerprint density at radius 3 is 2.15 bits per heavy atom. The van der Waals surface area contributed by atoms with Crippen molar-refractivity contribution in [2.24, 2.45) is 0 Å². The van der Waals surface area contributed by atoms with Crippen molar-refractivity contribution < 1.29 is 19.1 Å². The highest BCUT2D eigenvalue weighted by molar-refractivity contribution is 6.13. The third kappa shape index (κ3) is 3.28. The first-order valence-electron chi connectivity index (χ1n) is 8.49. The van der Waals surface area contributed by atoms with Crippen LogP contribution in [0.15, 0.2) is 54.6 Å². The molecule has 26 heavy (non-hydrogen) atoms. The lowest BCUT2D eigenvalue weighted by Crippen LogP contribution is -2.18. The number of pyridine rings is 1. The molecule has 5 heteroatoms. The number of fused-ring (bicyclic) bond motifs is 1. The molecule has 0 amide bonds. The van der Waals surface area contributed by atoms with Gasteiger partial charge in [-0.2, -0.15) is 0 Å². The zero-order valence-electron chi connectivity index (χ0n) is 14.7. The van der Waals surface area contributed by atoms with Crippen molar-refractivity contribution in [3.05, 3.63) is 65.9 Å². The lowest BCUT2D eigenvalue weighted by atomic mass is 9.94. The van der Waals surface area contributed by atoms with Gasteiger partial charge in [-0.25, -0.2) is 14.6 Å². The summed E-state index contributed by atoms with van der Waals surface area (Å²) >= 11 is 0. The normalized spacial score (nSPS) is 10.5. The third-order valence-corrected chi connectivity index (χ3v) is 3.90. The molecule has 0 bridgehead atoms. The molecule has 132 valence electrons. The van der Waals surface area contributed by atoms with Gasteiger partial charge in [0.2, 0.25) is 0 Å². The van der Waals surface area contributed by atoms with Gasteiger partial charge >= 0.3 is 11.9 Å². The topological polar surface area (TPSA) is 65.5 Å². The minimum atomic E-state index is -0.640. The van der Waals surface area contributed by atoms with Crippen molar-refractivity contribution in [3.8, 4) is 11.1 Å². The second-order valence-corrected chi connectivity index (χ2v) is 5.53. The maximum Gasteiger partial charge on any atom is 0.357 e. The maximum absolute atomic E-state index is 12.7. The molecule has 0 atom stereocenters. The molecule has 3 rings (SSSR count). The van der Waals surface area contributed by atoms with Crippen molar-refractivity contribution in [1.29, 1.82) is 0 Å². The summed E-state index contributed by atoms with van der Waals surface area (Å²) < 4.78 is 10.3. The van der Waals surface area contributed by atoms with Crippen molar-refractivity contribution in [2.45, 2.75) is 13.8 Å². The molecule has 0 aliphatic rings. The zero-order chi connectivity index (χ0) is 18.5. The Morgan fingerprint density at radius 2 is 1.46 bits per heavy atom. The van der Waals surface area contributed by atoms with Crippen LogP contribution in [0, 0.1) is 0 Å². The molecule has 5 nitrogen and oxygen atoms in total. The number of hydrogen-bond donors (Lipinski definition) is 0. The van der Waals surface area contributed by atoms with Gasteiger partial charge in [0.05, 0.1) is 18.7 Å². The Bertz CT molecular complexity index is 951. The van der Waals surface area contributed by atoms with Crippen molar-refractivity contribution in [2.75, 3.05) is 13.2 Å². The van der Waals surface area contributed by atoms with E-state index >= 15 is 0 Å². The van der Waals surface area contributed by atoms with Gasteiger partial charge in [-0.1, -0.05) is 48.5 Å². The van der Waals surface area contributed by atoms with Crippen LogP contribution in [-0.2, 0) is 9.47 Å². The van der Waals surface area contributed by atoms with Gasteiger partial charge in [0.25, 0.3) is 0 Å². The van der Waals surface area contributed by atoms with Crippen LogP contribution < -0.4 is 0 Å². The van der Waals surface area contributed by atoms with Gasteiger partial charge in [-0.15, -0.1) is 0 Å². The summed E-state index contributed by atoms with van der Waals surface area (Å²) in [7, 11) is 0. The summed E-state index contributed by atoms with van der Waals surface area (Å²) in [4.78, 5) is 29.7. The predicted octanol–water partition coefficient (Wildman–Crippen LogP) is 4.26. The Balaban J connectivity index is 2.41. The number of carbonyl (C=O) groups is 2. The van der Waals surface area contributed by atoms with Crippen molar-refractivity contribution in [1.82, 2.24) is 4.98 Å². The average molecular weight is 349 g/mol. The van der Waals surface area contributed by atoms with E-state index in [2.05, 4.69) is 4.98 Å². The van der Waals surface area contributed by atoms with E-state index in [-0.39, 0.29) is 24.5 Å². The zero-order valence-corrected chi connectivity index (χ0v) is 14.7. The SMILES string of the molecule is CCOC(=O)c1nc2ccccc2c(-c2ccccc2)c1C(=O)OCC. The van der Waals surface area contributed by atoms with Crippen LogP contribution in [0.25, 0.3) is 22.0 Å². The quantitative estimate of drug-likeness (QED) is 0.644. The number of para-hydroxylation sites is 1. The van der Waals surface area contributed by atoms with E-state index in [1.54, 1.807) is 19.9 Å². The third-order valence-electron chi connectivity index (χ3n) is 3.90. The van der Waals surface area contributed by atoms with Crippen LogP contribution in [0.1, 0.15) is 34.7 Å². The molecule has 0 radical (unpaired) electrons. The standard InChI is InChI=1S/C21H19NO4/c1-3-25-20(23)18-17(14-10-6-5-7-11-14)15-12-8-9-13-16(15)22-19(18)21(24)26-4-2/h5-13H,3-4H2,1-2H3. The number of aromatic nitrogens is 1. The van der Waals surface area contributed by atoms with Crippen LogP contribution in [0.3, 0.4) is 0 Å². The lowest BCUT2D eigenvalue weighted by Gasteiger charge is -2.16. The Hall–Kier alpha value is -3.21. The number of esters is 2. The summed E-state index contributed by atoms with van der Waals surface area (Å²) in [6.07, 6.45) is 0. The number of rotatable bonds is 5. The van der Waals surface area contributed by atoms with E-state index in [0.717, 1.165) is 10.9 Å². The Labute approximate surface area is 151 Å². The first kappa shape index (κ1) is 17.6. The number of carbonyl (C=O) groups excluding carboxylic acids is 2. The molecule has 3 aromatic rings. The second-order valence-electron chi connectivity index (χ2n) is 5.53. The smallest absolute Gasteiger partial charge is 0.357 e. The molecule has 0 aliphatic heterocycles. The largest absolute Gasteiger partial charge is 0.462 e. The van der Waals surface area contributed by atoms with E-state index in [4.69, 9.17) is 9.47 Å². The van der Waals surface area contributed by atoms with E-state index in [1.807, 2.05) is 48.5 Å². The minimum absolute atomic E-state index is 0.0251. The molecule has 0 saturated carbocycles. The monoisotopic (exact) mass is 349 g/mol. The van der Waals surface area contributed by atoms with Crippen molar-refractivity contribution in [3.63, 3.8) is 0 Å². The van der Waals surface area contributed by atoms with Crippen molar-refractivity contribution >= 4 is 22.8 Å². The Kier molecular flexibility index (Phi) is 5.27. The number of ether oxygens (including phenoxy) is 2. The Morgan fingerprint density at radius 1 is 0.846 bits per heavy atom. The predicted molar refractivity (Wildman–Crippen MR) is 99.1 cm³/mol. The molecule has 0 saturated heterocycles. The van der Waals surface area contributed by atoms with Gasteiger partial charge in [0.1, 0.15) is 5.56 Å². The summed E-state index contributed by atoms with van der Waals surface area (Å²) in [5.74, 6) is -1.23. The fourth-order valence-electron chi connectivity index (χ4n) is 2.87. The first-order chi connectivity index (χ1) is 12.7. The van der Waals surface area contributed by atoms with E-state index in [1.165, 1.54) is 0 Å². The highest BCUT2D eigenvalue weighted by Crippen LogP contribution is 2.34. The minimum Gasteiger partial charge on any atom is -0.462 e. The highest BCUT2D eigenvalue weighted by Gasteiger charge is 2.27. The van der Waals surface area contributed by atoms with Gasteiger partial charge in [0.15, 0.2) is 5.69 Å². The summed E-state index contributed by atoms with van der Waals surface area (Å²) in [6, 6.07) is 16.8. The summed E-state index contributed by atoms with van der Waals surface area (Å²) in [5.41, 5.74) is 2.15. The number of benzene rings is 2. The van der Waals surface area contributed by atoms with E-state index in [9.17, 15) is 9.59 Å². The lowest BCUT2D eigenvalue weighted by molar-refractivity contribution is 0.0474. The van der Waals surface area contributed by atoms with Crippen LogP contribution in [0.4, 0.5) is 0 Å². The fourth-order valence-corrected chi connectivity index (χ4v) is 2.87. The van der Waals surface area contributed by atoms with Crippen LogP contribution >= 0.6 is 0 Å². The summed E-state index contributed by atoms with van der Waals surface area (Å²) in [6.45, 7) is 3.82. The molecule has 1 aromatic heterocycles. The first-order valence-corrected chi connectivity index (χ1v) is 8.49. The highest BCUT2D eigenvalue weighted by atomic mass is 16.5. The van der Waals surface area contributed by atoms with Crippen LogP contribution in [0.5, 0.6) is 0 Å². The average Bonchev–Trinajstić information content (AvgIpc) is 2.67. The maximum atomic E-state index is 12.7. The number of nitrogens with zero attached hydrogens (tertiary/aromatic N) is 1. The second kappa shape index (κ2) is 7.78. The molecule has 0 spiro atoms. The van der Waals surface area contributed by atoms with Gasteiger partial charge in [0, 0.05) is 10.9 Å². The molecule has 0 fully saturated rings. The van der Waals surface area contributed by atoms with E-state index in [0.29, 0.717) is 11.1 Å². The van der Waals surface area contributed by atoms with Gasteiger partial charge in [-0.3, -0.25) is 0 Å². The van der Waals surface area contributed by atoms with Crippen LogP contribution in [-0.4, -0.2) is 30.1 Å². The van der Waals surface area contributed by atoms with E-state index < -0.39 is 11.9 Å². The van der Waals surface area contributed by atoms with Gasteiger partial charge < -0.3 is 9.47 Å².